The fourth-order valence-corrected chi connectivity index (χ4v) is 5.04. The number of carboxylic acids is 2. The highest BCUT2D eigenvalue weighted by Crippen LogP contribution is 2.46. The molecule has 0 unspecified atom stereocenters. The van der Waals surface area contributed by atoms with E-state index in [9.17, 15) is 19.8 Å². The van der Waals surface area contributed by atoms with Crippen LogP contribution in [0.5, 0.6) is 11.5 Å². The molecule has 4 aromatic carbocycles. The van der Waals surface area contributed by atoms with E-state index in [0.29, 0.717) is 40.9 Å². The molecule has 6 heteroatoms. The van der Waals surface area contributed by atoms with E-state index in [0.717, 1.165) is 67.5 Å². The lowest BCUT2D eigenvalue weighted by Gasteiger charge is -2.21. The topological polar surface area (TPSA) is 93.1 Å². The molecule has 0 aromatic heterocycles. The van der Waals surface area contributed by atoms with Crippen molar-refractivity contribution >= 4 is 44.3 Å². The Morgan fingerprint density at radius 2 is 1.33 bits per heavy atom. The Balaban J connectivity index is 1.94. The van der Waals surface area contributed by atoms with Crippen LogP contribution in [-0.4, -0.2) is 35.4 Å². The monoisotopic (exact) mass is 490 g/mol. The number of aromatic carboxylic acids is 2. The van der Waals surface area contributed by atoms with Crippen molar-refractivity contribution in [1.29, 1.82) is 0 Å². The number of carboxylic acid groups (broad SMARTS) is 2. The first-order chi connectivity index (χ1) is 17.5. The molecule has 0 aliphatic heterocycles. The van der Waals surface area contributed by atoms with Crippen molar-refractivity contribution in [3.05, 3.63) is 47.5 Å². The van der Waals surface area contributed by atoms with Gasteiger partial charge in [-0.2, -0.15) is 0 Å². The predicted molar refractivity (Wildman–Crippen MR) is 143 cm³/mol. The van der Waals surface area contributed by atoms with Crippen molar-refractivity contribution in [3.63, 3.8) is 0 Å². The molecule has 0 saturated heterocycles. The second kappa shape index (κ2) is 11.5. The third kappa shape index (κ3) is 4.90. The van der Waals surface area contributed by atoms with E-state index in [1.807, 2.05) is 18.2 Å². The van der Waals surface area contributed by atoms with Gasteiger partial charge in [-0.25, -0.2) is 9.59 Å². The molecule has 0 saturated carbocycles. The minimum Gasteiger partial charge on any atom is -0.490 e. The number of benzene rings is 4. The molecule has 0 aliphatic rings. The third-order valence-corrected chi connectivity index (χ3v) is 6.77. The molecule has 190 valence electrons. The number of unbranched alkanes of at least 4 members (excludes halogenated alkanes) is 6. The van der Waals surface area contributed by atoms with E-state index in [4.69, 9.17) is 9.47 Å². The van der Waals surface area contributed by atoms with Crippen LogP contribution in [0.25, 0.3) is 32.3 Å². The van der Waals surface area contributed by atoms with Crippen molar-refractivity contribution in [3.8, 4) is 11.5 Å². The summed E-state index contributed by atoms with van der Waals surface area (Å²) in [6.07, 6.45) is 8.41. The molecular weight excluding hydrogens is 456 g/mol. The van der Waals surface area contributed by atoms with Gasteiger partial charge in [0.2, 0.25) is 0 Å². The normalized spacial score (nSPS) is 11.5. The number of ether oxygens (including phenoxy) is 2. The van der Waals surface area contributed by atoms with Crippen LogP contribution in [0.2, 0.25) is 0 Å². The maximum absolute atomic E-state index is 12.4. The van der Waals surface area contributed by atoms with E-state index in [1.54, 1.807) is 18.2 Å². The van der Waals surface area contributed by atoms with E-state index >= 15 is 0 Å². The van der Waals surface area contributed by atoms with Crippen molar-refractivity contribution < 1.29 is 29.3 Å². The van der Waals surface area contributed by atoms with E-state index in [1.165, 1.54) is 0 Å². The van der Waals surface area contributed by atoms with Crippen LogP contribution in [0.1, 0.15) is 85.9 Å². The SMILES string of the molecule is CCCCCCOc1cc2c(C(=O)O)c(C(=O)O)c3cccc4ccc(c1OCCCCCC)c2c43. The second-order valence-corrected chi connectivity index (χ2v) is 9.32. The fourth-order valence-electron chi connectivity index (χ4n) is 5.04. The molecule has 6 nitrogen and oxygen atoms in total. The zero-order valence-electron chi connectivity index (χ0n) is 21.1. The van der Waals surface area contributed by atoms with Gasteiger partial charge in [0.1, 0.15) is 0 Å². The highest BCUT2D eigenvalue weighted by molar-refractivity contribution is 6.32. The molecule has 2 N–H and O–H groups in total. The van der Waals surface area contributed by atoms with Crippen LogP contribution in [0.4, 0.5) is 0 Å². The van der Waals surface area contributed by atoms with E-state index < -0.39 is 11.9 Å². The minimum atomic E-state index is -1.28. The Morgan fingerprint density at radius 1 is 0.694 bits per heavy atom. The van der Waals surface area contributed by atoms with Gasteiger partial charge >= 0.3 is 11.9 Å². The maximum atomic E-state index is 12.4. The van der Waals surface area contributed by atoms with Gasteiger partial charge in [-0.05, 0) is 41.1 Å². The Hall–Kier alpha value is -3.54. The Kier molecular flexibility index (Phi) is 8.14. The standard InChI is InChI=1S/C30H34O6/c1-3-5-7-9-16-35-23-18-22-25-21(28(23)36-17-10-8-6-4-2)15-14-19-12-11-13-20(24(19)25)26(29(31)32)27(22)30(33)34/h11-15,18H,3-10,16-17H2,1-2H3,(H,31,32)(H,33,34). The third-order valence-electron chi connectivity index (χ3n) is 6.77. The lowest BCUT2D eigenvalue weighted by molar-refractivity contribution is 0.0655. The number of hydrogen-bond donors (Lipinski definition) is 2. The first-order valence-electron chi connectivity index (χ1n) is 13.0. The highest BCUT2D eigenvalue weighted by atomic mass is 16.5. The molecule has 4 rings (SSSR count). The summed E-state index contributed by atoms with van der Waals surface area (Å²) in [5.41, 5.74) is -0.417. The summed E-state index contributed by atoms with van der Waals surface area (Å²) in [5, 5.41) is 24.0. The molecule has 36 heavy (non-hydrogen) atoms. The molecule has 0 fully saturated rings. The lowest BCUT2D eigenvalue weighted by Crippen LogP contribution is -2.11. The largest absolute Gasteiger partial charge is 0.490 e. The molecule has 0 radical (unpaired) electrons. The summed E-state index contributed by atoms with van der Waals surface area (Å²) < 4.78 is 12.5. The Labute approximate surface area is 211 Å². The average molecular weight is 491 g/mol. The van der Waals surface area contributed by atoms with Crippen LogP contribution < -0.4 is 9.47 Å². The first-order valence-corrected chi connectivity index (χ1v) is 13.0. The van der Waals surface area contributed by atoms with Gasteiger partial charge < -0.3 is 19.7 Å². The van der Waals surface area contributed by atoms with Gasteiger partial charge in [-0.3, -0.25) is 0 Å². The van der Waals surface area contributed by atoms with E-state index in [2.05, 4.69) is 13.8 Å². The van der Waals surface area contributed by atoms with Crippen molar-refractivity contribution in [1.82, 2.24) is 0 Å². The van der Waals surface area contributed by atoms with Crippen LogP contribution in [0.3, 0.4) is 0 Å². The smallest absolute Gasteiger partial charge is 0.337 e. The van der Waals surface area contributed by atoms with Crippen molar-refractivity contribution in [2.75, 3.05) is 13.2 Å². The predicted octanol–water partition coefficient (Wildman–Crippen LogP) is 7.90. The summed E-state index contributed by atoms with van der Waals surface area (Å²) >= 11 is 0. The van der Waals surface area contributed by atoms with Crippen molar-refractivity contribution in [2.24, 2.45) is 0 Å². The van der Waals surface area contributed by atoms with Crippen LogP contribution >= 0.6 is 0 Å². The zero-order chi connectivity index (χ0) is 25.7. The first kappa shape index (κ1) is 25.5. The molecule has 0 amide bonds. The maximum Gasteiger partial charge on any atom is 0.337 e. The summed E-state index contributed by atoms with van der Waals surface area (Å²) in [4.78, 5) is 24.8. The molecule has 0 heterocycles. The van der Waals surface area contributed by atoms with Gasteiger partial charge in [-0.1, -0.05) is 76.6 Å². The van der Waals surface area contributed by atoms with Gasteiger partial charge in [-0.15, -0.1) is 0 Å². The van der Waals surface area contributed by atoms with E-state index in [-0.39, 0.29) is 11.1 Å². The fraction of sp³-hybridized carbons (Fsp3) is 0.400. The van der Waals surface area contributed by atoms with Crippen LogP contribution in [0.15, 0.2) is 36.4 Å². The minimum absolute atomic E-state index is 0.199. The molecule has 4 aromatic rings. The Bertz CT molecular complexity index is 1370. The van der Waals surface area contributed by atoms with Gasteiger partial charge in [0, 0.05) is 16.2 Å². The number of hydrogen-bond acceptors (Lipinski definition) is 4. The summed E-state index contributed by atoms with van der Waals surface area (Å²) in [5.74, 6) is -1.48. The highest BCUT2D eigenvalue weighted by Gasteiger charge is 2.28. The molecule has 0 bridgehead atoms. The second-order valence-electron chi connectivity index (χ2n) is 9.32. The summed E-state index contributed by atoms with van der Waals surface area (Å²) in [7, 11) is 0. The Morgan fingerprint density at radius 3 is 1.97 bits per heavy atom. The van der Waals surface area contributed by atoms with Gasteiger partial charge in [0.25, 0.3) is 0 Å². The summed E-state index contributed by atoms with van der Waals surface area (Å²) in [6.45, 7) is 5.33. The number of rotatable bonds is 14. The van der Waals surface area contributed by atoms with Crippen LogP contribution in [-0.2, 0) is 0 Å². The molecular formula is C30H34O6. The molecule has 0 spiro atoms. The number of carbonyl (C=O) groups is 2. The van der Waals surface area contributed by atoms with Crippen molar-refractivity contribution in [2.45, 2.75) is 65.2 Å². The lowest BCUT2D eigenvalue weighted by atomic mass is 9.87. The van der Waals surface area contributed by atoms with Gasteiger partial charge in [0.05, 0.1) is 24.3 Å². The zero-order valence-corrected chi connectivity index (χ0v) is 21.1. The quantitative estimate of drug-likeness (QED) is 0.138. The molecule has 0 atom stereocenters. The van der Waals surface area contributed by atoms with Gasteiger partial charge in [0.15, 0.2) is 11.5 Å². The average Bonchev–Trinajstić information content (AvgIpc) is 2.86. The molecule has 0 aliphatic carbocycles. The van der Waals surface area contributed by atoms with Crippen LogP contribution in [0, 0.1) is 0 Å². The summed E-state index contributed by atoms with van der Waals surface area (Å²) in [6, 6.07) is 10.9.